The Balaban J connectivity index is 1.65. The molecule has 0 bridgehead atoms. The summed E-state index contributed by atoms with van der Waals surface area (Å²) in [4.78, 5) is 16.7. The molecule has 3 rings (SSSR count). The van der Waals surface area contributed by atoms with E-state index in [9.17, 15) is 13.2 Å². The largest absolute Gasteiger partial charge is 0.441 e. The fourth-order valence-corrected chi connectivity index (χ4v) is 5.14. The monoisotopic (exact) mass is 418 g/mol. The molecule has 1 saturated carbocycles. The molecule has 1 amide bonds. The quantitative estimate of drug-likeness (QED) is 0.770. The third-order valence-electron chi connectivity index (χ3n) is 5.95. The Morgan fingerprint density at radius 2 is 1.86 bits per heavy atom. The van der Waals surface area contributed by atoms with E-state index in [0.717, 1.165) is 30.4 Å². The highest BCUT2D eigenvalue weighted by Crippen LogP contribution is 2.29. The van der Waals surface area contributed by atoms with Gasteiger partial charge in [-0.05, 0) is 44.2 Å². The Labute approximate surface area is 173 Å². The van der Waals surface area contributed by atoms with Crippen LogP contribution in [0, 0.1) is 25.7 Å². The Morgan fingerprint density at radius 3 is 2.55 bits per heavy atom. The van der Waals surface area contributed by atoms with E-state index in [4.69, 9.17) is 4.42 Å². The number of carbonyl (C=O) groups is 1. The summed E-state index contributed by atoms with van der Waals surface area (Å²) in [5, 5.41) is 2.93. The molecule has 0 radical (unpaired) electrons. The number of hydrogen-bond acceptors (Lipinski definition) is 5. The van der Waals surface area contributed by atoms with E-state index in [1.54, 1.807) is 6.92 Å². The smallest absolute Gasteiger partial charge is 0.235 e. The summed E-state index contributed by atoms with van der Waals surface area (Å²) in [6.45, 7) is 7.98. The normalized spacial score (nSPS) is 22.4. The Bertz CT molecular complexity index is 963. The average molecular weight is 419 g/mol. The van der Waals surface area contributed by atoms with Gasteiger partial charge in [-0.1, -0.05) is 44.4 Å². The van der Waals surface area contributed by atoms with Crippen LogP contribution in [0.25, 0.3) is 11.5 Å². The third-order valence-corrected chi connectivity index (χ3v) is 7.37. The Kier molecular flexibility index (Phi) is 6.46. The van der Waals surface area contributed by atoms with E-state index in [-0.39, 0.29) is 11.8 Å². The second-order valence-corrected chi connectivity index (χ2v) is 10.4. The van der Waals surface area contributed by atoms with Crippen LogP contribution in [0.4, 0.5) is 0 Å². The number of aryl methyl sites for hydroxylation is 2. The number of hydrogen-bond donors (Lipinski definition) is 1. The molecule has 0 saturated heterocycles. The van der Waals surface area contributed by atoms with Gasteiger partial charge in [0.25, 0.3) is 0 Å². The zero-order valence-corrected chi connectivity index (χ0v) is 18.4. The van der Waals surface area contributed by atoms with Gasteiger partial charge in [-0.2, -0.15) is 0 Å². The standard InChI is InChI=1S/C22H30N2O4S/c1-14-8-10-18(11-9-14)22-24-20(17(4)28-22)12-29(26,27)13-21(25)23-19-7-5-6-15(2)16(19)3/h8-11,15-16,19H,5-7,12-13H2,1-4H3,(H,23,25)/t15-,16-,19+/m0/s1. The first-order valence-corrected chi connectivity index (χ1v) is 12.0. The van der Waals surface area contributed by atoms with Crippen molar-refractivity contribution in [3.63, 3.8) is 0 Å². The number of oxazole rings is 1. The first kappa shape index (κ1) is 21.6. The van der Waals surface area contributed by atoms with Gasteiger partial charge in [0, 0.05) is 11.6 Å². The van der Waals surface area contributed by atoms with Gasteiger partial charge in [0.1, 0.15) is 11.5 Å². The zero-order chi connectivity index (χ0) is 21.2. The van der Waals surface area contributed by atoms with Crippen LogP contribution in [0.2, 0.25) is 0 Å². The minimum atomic E-state index is -3.65. The second kappa shape index (κ2) is 8.69. The molecular formula is C22H30N2O4S. The predicted molar refractivity (Wildman–Crippen MR) is 113 cm³/mol. The van der Waals surface area contributed by atoms with Crippen molar-refractivity contribution in [2.24, 2.45) is 11.8 Å². The number of sulfone groups is 1. The summed E-state index contributed by atoms with van der Waals surface area (Å²) in [5.74, 6) is 0.459. The first-order valence-electron chi connectivity index (χ1n) is 10.2. The van der Waals surface area contributed by atoms with Crippen LogP contribution in [0.5, 0.6) is 0 Å². The van der Waals surface area contributed by atoms with Crippen molar-refractivity contribution < 1.29 is 17.6 Å². The highest BCUT2D eigenvalue weighted by Gasteiger charge is 2.29. The molecule has 3 atom stereocenters. The fraction of sp³-hybridized carbons (Fsp3) is 0.545. The lowest BCUT2D eigenvalue weighted by Gasteiger charge is -2.34. The van der Waals surface area contributed by atoms with Gasteiger partial charge in [0.2, 0.25) is 11.8 Å². The lowest BCUT2D eigenvalue weighted by atomic mass is 9.78. The molecule has 1 heterocycles. The fourth-order valence-electron chi connectivity index (χ4n) is 3.87. The van der Waals surface area contributed by atoms with E-state index >= 15 is 0 Å². The number of amides is 1. The van der Waals surface area contributed by atoms with Crippen molar-refractivity contribution in [2.45, 2.75) is 58.8 Å². The average Bonchev–Trinajstić information content (AvgIpc) is 2.99. The van der Waals surface area contributed by atoms with Crippen LogP contribution in [-0.4, -0.2) is 31.1 Å². The lowest BCUT2D eigenvalue weighted by molar-refractivity contribution is -0.120. The van der Waals surface area contributed by atoms with E-state index in [1.807, 2.05) is 31.2 Å². The minimum absolute atomic E-state index is 0.0448. The second-order valence-electron chi connectivity index (χ2n) is 8.36. The van der Waals surface area contributed by atoms with Gasteiger partial charge in [0.15, 0.2) is 9.84 Å². The number of nitrogens with zero attached hydrogens (tertiary/aromatic N) is 1. The van der Waals surface area contributed by atoms with Gasteiger partial charge < -0.3 is 9.73 Å². The molecule has 1 aliphatic rings. The van der Waals surface area contributed by atoms with Crippen LogP contribution in [0.15, 0.2) is 28.7 Å². The van der Waals surface area contributed by atoms with Gasteiger partial charge >= 0.3 is 0 Å². The molecule has 0 aliphatic heterocycles. The van der Waals surface area contributed by atoms with Crippen molar-refractivity contribution in [2.75, 3.05) is 5.75 Å². The maximum Gasteiger partial charge on any atom is 0.235 e. The van der Waals surface area contributed by atoms with Gasteiger partial charge in [-0.15, -0.1) is 0 Å². The molecule has 1 fully saturated rings. The molecule has 0 spiro atoms. The number of benzene rings is 1. The molecule has 1 aromatic carbocycles. The molecular weight excluding hydrogens is 388 g/mol. The summed E-state index contributed by atoms with van der Waals surface area (Å²) < 4.78 is 30.9. The lowest BCUT2D eigenvalue weighted by Crippen LogP contribution is -2.45. The summed E-state index contributed by atoms with van der Waals surface area (Å²) in [5.41, 5.74) is 2.26. The maximum absolute atomic E-state index is 12.6. The Morgan fingerprint density at radius 1 is 1.17 bits per heavy atom. The predicted octanol–water partition coefficient (Wildman–Crippen LogP) is 3.81. The number of carbonyl (C=O) groups excluding carboxylic acids is 1. The van der Waals surface area contributed by atoms with E-state index in [1.165, 1.54) is 0 Å². The van der Waals surface area contributed by atoms with Crippen LogP contribution in [0.1, 0.15) is 50.1 Å². The Hall–Kier alpha value is -2.15. The van der Waals surface area contributed by atoms with Gasteiger partial charge in [-0.3, -0.25) is 4.79 Å². The molecule has 1 N–H and O–H groups in total. The molecule has 2 aromatic rings. The van der Waals surface area contributed by atoms with Crippen molar-refractivity contribution >= 4 is 15.7 Å². The summed E-state index contributed by atoms with van der Waals surface area (Å²) >= 11 is 0. The van der Waals surface area contributed by atoms with Crippen LogP contribution in [0.3, 0.4) is 0 Å². The molecule has 29 heavy (non-hydrogen) atoms. The number of rotatable bonds is 6. The van der Waals surface area contributed by atoms with Gasteiger partial charge in [-0.25, -0.2) is 13.4 Å². The molecule has 6 nitrogen and oxygen atoms in total. The molecule has 0 unspecified atom stereocenters. The van der Waals surface area contributed by atoms with Crippen molar-refractivity contribution in [1.29, 1.82) is 0 Å². The van der Waals surface area contributed by atoms with Crippen molar-refractivity contribution in [3.05, 3.63) is 41.3 Å². The van der Waals surface area contributed by atoms with Crippen LogP contribution < -0.4 is 5.32 Å². The third kappa shape index (κ3) is 5.47. The molecule has 1 aromatic heterocycles. The van der Waals surface area contributed by atoms with Crippen molar-refractivity contribution in [1.82, 2.24) is 10.3 Å². The molecule has 158 valence electrons. The van der Waals surface area contributed by atoms with E-state index in [0.29, 0.717) is 29.2 Å². The molecule has 7 heteroatoms. The highest BCUT2D eigenvalue weighted by atomic mass is 32.2. The summed E-state index contributed by atoms with van der Waals surface area (Å²) in [6, 6.07) is 7.71. The van der Waals surface area contributed by atoms with Gasteiger partial charge in [0.05, 0.1) is 11.4 Å². The van der Waals surface area contributed by atoms with Crippen molar-refractivity contribution in [3.8, 4) is 11.5 Å². The van der Waals surface area contributed by atoms with Crippen LogP contribution in [-0.2, 0) is 20.4 Å². The zero-order valence-electron chi connectivity index (χ0n) is 17.6. The number of aromatic nitrogens is 1. The van der Waals surface area contributed by atoms with E-state index < -0.39 is 21.5 Å². The molecule has 1 aliphatic carbocycles. The highest BCUT2D eigenvalue weighted by molar-refractivity contribution is 7.91. The first-order chi connectivity index (χ1) is 13.6. The topological polar surface area (TPSA) is 89.3 Å². The SMILES string of the molecule is Cc1ccc(-c2nc(CS(=O)(=O)CC(=O)N[C@@H]3CCC[C@H](C)[C@@H]3C)c(C)o2)cc1. The number of nitrogens with one attached hydrogen (secondary N) is 1. The minimum Gasteiger partial charge on any atom is -0.441 e. The van der Waals surface area contributed by atoms with E-state index in [2.05, 4.69) is 24.1 Å². The summed E-state index contributed by atoms with van der Waals surface area (Å²) in [6.07, 6.45) is 3.11. The maximum atomic E-state index is 12.6. The summed E-state index contributed by atoms with van der Waals surface area (Å²) in [7, 11) is -3.65. The van der Waals surface area contributed by atoms with Crippen LogP contribution >= 0.6 is 0 Å².